The molecule has 20 heavy (non-hydrogen) atoms. The molecule has 112 valence electrons. The lowest BCUT2D eigenvalue weighted by Gasteiger charge is -2.31. The first-order valence-corrected chi connectivity index (χ1v) is 7.29. The van der Waals surface area contributed by atoms with E-state index in [9.17, 15) is 14.4 Å². The fourth-order valence-electron chi connectivity index (χ4n) is 2.89. The van der Waals surface area contributed by atoms with Crippen molar-refractivity contribution in [2.45, 2.75) is 58.0 Å². The van der Waals surface area contributed by atoms with E-state index in [0.29, 0.717) is 18.8 Å². The fraction of sp³-hybridized carbons (Fsp3) is 0.786. The van der Waals surface area contributed by atoms with Crippen molar-refractivity contribution in [2.24, 2.45) is 5.92 Å². The van der Waals surface area contributed by atoms with E-state index in [1.54, 1.807) is 0 Å². The zero-order valence-electron chi connectivity index (χ0n) is 12.4. The maximum Gasteiger partial charge on any atom is 0.325 e. The Hall–Kier alpha value is -1.59. The van der Waals surface area contributed by atoms with Crippen LogP contribution in [0.1, 0.15) is 46.5 Å². The van der Waals surface area contributed by atoms with Gasteiger partial charge >= 0.3 is 6.03 Å². The Morgan fingerprint density at radius 3 is 2.45 bits per heavy atom. The summed E-state index contributed by atoms with van der Waals surface area (Å²) in [4.78, 5) is 37.4. The molecule has 2 rings (SSSR count). The molecule has 0 aromatic heterocycles. The third kappa shape index (κ3) is 2.51. The van der Waals surface area contributed by atoms with Gasteiger partial charge in [-0.05, 0) is 25.7 Å². The number of hydrogen-bond acceptors (Lipinski definition) is 3. The highest BCUT2D eigenvalue weighted by atomic mass is 16.2. The molecule has 1 aliphatic carbocycles. The number of carbonyl (C=O) groups excluding carboxylic acids is 3. The number of urea groups is 1. The van der Waals surface area contributed by atoms with Crippen LogP contribution in [0.2, 0.25) is 0 Å². The number of hydrogen-bond donors (Lipinski definition) is 2. The second-order valence-electron chi connectivity index (χ2n) is 6.18. The molecule has 0 bridgehead atoms. The quantitative estimate of drug-likeness (QED) is 0.755. The van der Waals surface area contributed by atoms with E-state index >= 15 is 0 Å². The summed E-state index contributed by atoms with van der Waals surface area (Å²) < 4.78 is 0. The maximum atomic E-state index is 12.1. The van der Waals surface area contributed by atoms with E-state index in [4.69, 9.17) is 0 Å². The van der Waals surface area contributed by atoms with Gasteiger partial charge < -0.3 is 10.2 Å². The van der Waals surface area contributed by atoms with Crippen molar-refractivity contribution in [1.82, 2.24) is 15.5 Å². The summed E-state index contributed by atoms with van der Waals surface area (Å²) >= 11 is 0. The summed E-state index contributed by atoms with van der Waals surface area (Å²) in [6.07, 6.45) is 3.14. The number of imide groups is 1. The maximum absolute atomic E-state index is 12.1. The first-order valence-electron chi connectivity index (χ1n) is 7.29. The van der Waals surface area contributed by atoms with Gasteiger partial charge in [0.15, 0.2) is 0 Å². The predicted octanol–water partition coefficient (Wildman–Crippen LogP) is 1.01. The molecule has 0 aromatic rings. The Morgan fingerprint density at radius 1 is 1.30 bits per heavy atom. The van der Waals surface area contributed by atoms with Crippen LogP contribution in [0.4, 0.5) is 4.79 Å². The predicted molar refractivity (Wildman–Crippen MR) is 73.9 cm³/mol. The first kappa shape index (κ1) is 14.8. The minimum absolute atomic E-state index is 0.0448. The standard InChI is InChI=1S/C14H23N3O3/c1-9(2)10(3)15-11(18)8-17-13(20)16-12(19)14(17)6-4-5-7-14/h9-10H,4-8H2,1-3H3,(H,15,18)(H,16,19,20). The van der Waals surface area contributed by atoms with Crippen LogP contribution < -0.4 is 10.6 Å². The van der Waals surface area contributed by atoms with Gasteiger partial charge in [-0.15, -0.1) is 0 Å². The van der Waals surface area contributed by atoms with Gasteiger partial charge in [0.2, 0.25) is 5.91 Å². The zero-order chi connectivity index (χ0) is 14.9. The minimum atomic E-state index is -0.782. The summed E-state index contributed by atoms with van der Waals surface area (Å²) in [5.41, 5.74) is -0.782. The molecule has 1 unspecified atom stereocenters. The molecule has 6 heteroatoms. The van der Waals surface area contributed by atoms with Crippen LogP contribution in [0, 0.1) is 5.92 Å². The normalized spacial score (nSPS) is 22.5. The molecule has 0 aromatic carbocycles. The molecule has 4 amide bonds. The van der Waals surface area contributed by atoms with Gasteiger partial charge in [0.05, 0.1) is 0 Å². The molecule has 1 atom stereocenters. The van der Waals surface area contributed by atoms with E-state index in [1.807, 2.05) is 20.8 Å². The fourth-order valence-corrected chi connectivity index (χ4v) is 2.89. The molecule has 1 saturated carbocycles. The SMILES string of the molecule is CC(C)C(C)NC(=O)CN1C(=O)NC(=O)C12CCCC2. The van der Waals surface area contributed by atoms with Crippen LogP contribution in [-0.4, -0.2) is 40.9 Å². The molecule has 2 N–H and O–H groups in total. The van der Waals surface area contributed by atoms with Crippen LogP contribution in [0.5, 0.6) is 0 Å². The highest BCUT2D eigenvalue weighted by Crippen LogP contribution is 2.38. The lowest BCUT2D eigenvalue weighted by atomic mass is 9.96. The van der Waals surface area contributed by atoms with Crippen molar-refractivity contribution in [3.63, 3.8) is 0 Å². The van der Waals surface area contributed by atoms with E-state index in [-0.39, 0.29) is 24.4 Å². The number of nitrogens with zero attached hydrogens (tertiary/aromatic N) is 1. The highest BCUT2D eigenvalue weighted by molar-refractivity contribution is 6.08. The van der Waals surface area contributed by atoms with Gasteiger partial charge in [-0.25, -0.2) is 4.79 Å². The molecule has 1 aliphatic heterocycles. The molecule has 1 spiro atoms. The summed E-state index contributed by atoms with van der Waals surface area (Å²) in [7, 11) is 0. The zero-order valence-corrected chi connectivity index (χ0v) is 12.4. The van der Waals surface area contributed by atoms with Crippen molar-refractivity contribution in [1.29, 1.82) is 0 Å². The van der Waals surface area contributed by atoms with E-state index in [2.05, 4.69) is 10.6 Å². The summed E-state index contributed by atoms with van der Waals surface area (Å²) in [6.45, 7) is 5.93. The Labute approximate surface area is 119 Å². The van der Waals surface area contributed by atoms with Crippen LogP contribution in [-0.2, 0) is 9.59 Å². The van der Waals surface area contributed by atoms with Crippen molar-refractivity contribution in [3.8, 4) is 0 Å². The second-order valence-corrected chi connectivity index (χ2v) is 6.18. The van der Waals surface area contributed by atoms with Gasteiger partial charge in [0.1, 0.15) is 12.1 Å². The Balaban J connectivity index is 2.05. The summed E-state index contributed by atoms with van der Waals surface area (Å²) in [6, 6.07) is -0.396. The third-order valence-electron chi connectivity index (χ3n) is 4.53. The topological polar surface area (TPSA) is 78.5 Å². The highest BCUT2D eigenvalue weighted by Gasteiger charge is 2.54. The average molecular weight is 281 g/mol. The first-order chi connectivity index (χ1) is 9.36. The molecule has 2 fully saturated rings. The summed E-state index contributed by atoms with van der Waals surface area (Å²) in [5, 5.41) is 5.23. The lowest BCUT2D eigenvalue weighted by Crippen LogP contribution is -2.52. The van der Waals surface area contributed by atoms with Gasteiger partial charge in [-0.3, -0.25) is 14.9 Å². The lowest BCUT2D eigenvalue weighted by molar-refractivity contribution is -0.128. The van der Waals surface area contributed by atoms with Crippen LogP contribution >= 0.6 is 0 Å². The van der Waals surface area contributed by atoms with Crippen LogP contribution in [0.25, 0.3) is 0 Å². The largest absolute Gasteiger partial charge is 0.352 e. The van der Waals surface area contributed by atoms with E-state index < -0.39 is 11.6 Å². The monoisotopic (exact) mass is 281 g/mol. The van der Waals surface area contributed by atoms with Crippen LogP contribution in [0.3, 0.4) is 0 Å². The Morgan fingerprint density at radius 2 is 1.90 bits per heavy atom. The number of carbonyl (C=O) groups is 3. The van der Waals surface area contributed by atoms with E-state index in [0.717, 1.165) is 12.8 Å². The number of amides is 4. The van der Waals surface area contributed by atoms with Gasteiger partial charge in [0, 0.05) is 6.04 Å². The van der Waals surface area contributed by atoms with Crippen molar-refractivity contribution in [2.75, 3.05) is 6.54 Å². The number of rotatable bonds is 4. The molecule has 1 saturated heterocycles. The molecule has 6 nitrogen and oxygen atoms in total. The minimum Gasteiger partial charge on any atom is -0.352 e. The van der Waals surface area contributed by atoms with Crippen molar-refractivity contribution < 1.29 is 14.4 Å². The van der Waals surface area contributed by atoms with E-state index in [1.165, 1.54) is 4.90 Å². The third-order valence-corrected chi connectivity index (χ3v) is 4.53. The smallest absolute Gasteiger partial charge is 0.325 e. The van der Waals surface area contributed by atoms with Gasteiger partial charge in [-0.1, -0.05) is 26.7 Å². The summed E-state index contributed by atoms with van der Waals surface area (Å²) in [5.74, 6) is -0.125. The number of nitrogens with one attached hydrogen (secondary N) is 2. The molecule has 1 heterocycles. The molecular formula is C14H23N3O3. The van der Waals surface area contributed by atoms with Crippen molar-refractivity contribution in [3.05, 3.63) is 0 Å². The second kappa shape index (κ2) is 5.42. The molecule has 2 aliphatic rings. The average Bonchev–Trinajstić information content (AvgIpc) is 2.92. The Bertz CT molecular complexity index is 427. The van der Waals surface area contributed by atoms with Gasteiger partial charge in [-0.2, -0.15) is 0 Å². The van der Waals surface area contributed by atoms with Crippen molar-refractivity contribution >= 4 is 17.8 Å². The van der Waals surface area contributed by atoms with Crippen LogP contribution in [0.15, 0.2) is 0 Å². The van der Waals surface area contributed by atoms with Gasteiger partial charge in [0.25, 0.3) is 5.91 Å². The molecule has 0 radical (unpaired) electrons. The molecular weight excluding hydrogens is 258 g/mol. The Kier molecular flexibility index (Phi) is 4.01.